The van der Waals surface area contributed by atoms with Gasteiger partial charge in [0, 0.05) is 5.69 Å². The minimum atomic E-state index is -3.25. The Labute approximate surface area is 205 Å². The van der Waals surface area contributed by atoms with Crippen molar-refractivity contribution in [2.24, 2.45) is 9.50 Å². The zero-order chi connectivity index (χ0) is 25.7. The molecule has 1 saturated carbocycles. The SMILES string of the molecule is Cc1cc(C(C)(C)O)ccc1S(N)(=O)=NC1OC1Nc1c(C(C)C)cc(OC(F)F)cc1C1CC1. The first-order chi connectivity index (χ1) is 16.3. The second-order valence-corrected chi connectivity index (χ2v) is 11.9. The molecular weight excluding hydrogens is 476 g/mol. The third-order valence-corrected chi connectivity index (χ3v) is 7.86. The average Bonchev–Trinajstić information content (AvgIpc) is 3.64. The van der Waals surface area contributed by atoms with E-state index in [0.717, 1.165) is 29.7 Å². The highest BCUT2D eigenvalue weighted by Crippen LogP contribution is 2.48. The molecule has 0 bridgehead atoms. The summed E-state index contributed by atoms with van der Waals surface area (Å²) in [6.07, 6.45) is 0.692. The van der Waals surface area contributed by atoms with Crippen LogP contribution < -0.4 is 15.2 Å². The minimum absolute atomic E-state index is 0.0426. The van der Waals surface area contributed by atoms with Crippen LogP contribution in [0.3, 0.4) is 0 Å². The summed E-state index contributed by atoms with van der Waals surface area (Å²) in [6, 6.07) is 8.35. The Kier molecular flexibility index (Phi) is 6.87. The zero-order valence-corrected chi connectivity index (χ0v) is 21.4. The van der Waals surface area contributed by atoms with E-state index in [1.54, 1.807) is 51.1 Å². The fraction of sp³-hybridized carbons (Fsp3) is 0.520. The zero-order valence-electron chi connectivity index (χ0n) is 20.5. The fourth-order valence-electron chi connectivity index (χ4n) is 4.17. The molecule has 1 saturated heterocycles. The Morgan fingerprint density at radius 2 is 1.94 bits per heavy atom. The second kappa shape index (κ2) is 9.31. The van der Waals surface area contributed by atoms with Crippen LogP contribution in [-0.2, 0) is 20.3 Å². The molecule has 2 aromatic carbocycles. The number of aliphatic hydroxyl groups is 1. The van der Waals surface area contributed by atoms with E-state index in [0.29, 0.717) is 16.0 Å². The Balaban J connectivity index is 1.59. The van der Waals surface area contributed by atoms with E-state index in [1.807, 2.05) is 13.8 Å². The summed E-state index contributed by atoms with van der Waals surface area (Å²) in [6.45, 7) is 6.18. The van der Waals surface area contributed by atoms with Crippen molar-refractivity contribution in [1.82, 2.24) is 0 Å². The van der Waals surface area contributed by atoms with E-state index in [-0.39, 0.29) is 17.6 Å². The van der Waals surface area contributed by atoms with Crippen LogP contribution in [0.5, 0.6) is 5.75 Å². The molecule has 0 spiro atoms. The lowest BCUT2D eigenvalue weighted by molar-refractivity contribution is -0.0499. The number of halogens is 2. The molecule has 35 heavy (non-hydrogen) atoms. The van der Waals surface area contributed by atoms with E-state index in [4.69, 9.17) is 14.6 Å². The third kappa shape index (κ3) is 5.94. The molecule has 1 aliphatic carbocycles. The molecule has 3 unspecified atom stereocenters. The minimum Gasteiger partial charge on any atom is -0.435 e. The van der Waals surface area contributed by atoms with Gasteiger partial charge in [0.05, 0.1) is 10.5 Å². The standard InChI is InChI=1S/C25H33F2N3O4S/c1-13(2)18-11-17(33-24(26)27)12-19(15-6-7-15)21(18)29-22-23(34-22)30-35(28,32)20-9-8-16(10-14(20)3)25(4,5)31/h8-13,15,22-24,29,31H,6-7H2,1-5H3,(H2,28,30,32). The molecule has 0 amide bonds. The van der Waals surface area contributed by atoms with Crippen molar-refractivity contribution in [2.45, 2.75) is 88.9 Å². The number of hydrogen-bond acceptors (Lipinski definition) is 6. The van der Waals surface area contributed by atoms with Gasteiger partial charge in [0.1, 0.15) is 15.7 Å². The van der Waals surface area contributed by atoms with Crippen molar-refractivity contribution >= 4 is 15.6 Å². The van der Waals surface area contributed by atoms with Crippen molar-refractivity contribution in [1.29, 1.82) is 0 Å². The van der Waals surface area contributed by atoms with Crippen LogP contribution in [0, 0.1) is 6.92 Å². The van der Waals surface area contributed by atoms with Crippen LogP contribution in [-0.4, -0.2) is 28.4 Å². The first-order valence-corrected chi connectivity index (χ1v) is 13.3. The van der Waals surface area contributed by atoms with Gasteiger partial charge < -0.3 is 19.9 Å². The van der Waals surface area contributed by atoms with Crippen LogP contribution in [0.15, 0.2) is 39.6 Å². The molecule has 1 aliphatic heterocycles. The maximum Gasteiger partial charge on any atom is 0.387 e. The third-order valence-electron chi connectivity index (χ3n) is 6.25. The number of hydrogen-bond donors (Lipinski definition) is 3. The number of alkyl halides is 2. The Morgan fingerprint density at radius 3 is 2.49 bits per heavy atom. The predicted octanol–water partition coefficient (Wildman–Crippen LogP) is 5.32. The molecule has 2 aromatic rings. The van der Waals surface area contributed by atoms with Gasteiger partial charge in [0.15, 0.2) is 6.23 Å². The number of aryl methyl sites for hydroxylation is 1. The van der Waals surface area contributed by atoms with E-state index >= 15 is 0 Å². The van der Waals surface area contributed by atoms with Crippen LogP contribution in [0.2, 0.25) is 0 Å². The van der Waals surface area contributed by atoms with E-state index < -0.39 is 34.6 Å². The summed E-state index contributed by atoms with van der Waals surface area (Å²) in [5.74, 6) is 0.450. The smallest absolute Gasteiger partial charge is 0.387 e. The Hall–Kier alpha value is -2.27. The van der Waals surface area contributed by atoms with Crippen molar-refractivity contribution in [3.8, 4) is 5.75 Å². The maximum atomic E-state index is 13.3. The molecule has 4 rings (SSSR count). The molecule has 0 aromatic heterocycles. The van der Waals surface area contributed by atoms with Gasteiger partial charge in [-0.1, -0.05) is 26.0 Å². The molecule has 192 valence electrons. The summed E-state index contributed by atoms with van der Waals surface area (Å²) in [5.41, 5.74) is 2.89. The van der Waals surface area contributed by atoms with Gasteiger partial charge in [0.25, 0.3) is 0 Å². The number of ether oxygens (including phenoxy) is 2. The van der Waals surface area contributed by atoms with Crippen LogP contribution in [0.1, 0.15) is 74.6 Å². The van der Waals surface area contributed by atoms with Crippen molar-refractivity contribution in [2.75, 3.05) is 5.32 Å². The Morgan fingerprint density at radius 1 is 1.26 bits per heavy atom. The van der Waals surface area contributed by atoms with Gasteiger partial charge in [-0.2, -0.15) is 13.1 Å². The van der Waals surface area contributed by atoms with Crippen molar-refractivity contribution in [3.05, 3.63) is 52.6 Å². The highest BCUT2D eigenvalue weighted by Gasteiger charge is 2.42. The molecule has 7 nitrogen and oxygen atoms in total. The normalized spacial score (nSPS) is 21.7. The van der Waals surface area contributed by atoms with E-state index in [9.17, 15) is 18.1 Å². The summed E-state index contributed by atoms with van der Waals surface area (Å²) < 4.78 is 53.6. The number of anilines is 1. The number of nitrogens with two attached hydrogens (primary N) is 1. The summed E-state index contributed by atoms with van der Waals surface area (Å²) in [4.78, 5) is 0.384. The number of benzene rings is 2. The van der Waals surface area contributed by atoms with E-state index in [2.05, 4.69) is 9.68 Å². The summed E-state index contributed by atoms with van der Waals surface area (Å²) in [7, 11) is -3.25. The van der Waals surface area contributed by atoms with Gasteiger partial charge in [-0.15, -0.1) is 0 Å². The highest BCUT2D eigenvalue weighted by molar-refractivity contribution is 7.91. The lowest BCUT2D eigenvalue weighted by atomic mass is 9.95. The number of nitrogens with one attached hydrogen (secondary N) is 1. The van der Waals surface area contributed by atoms with Crippen molar-refractivity contribution in [3.63, 3.8) is 0 Å². The van der Waals surface area contributed by atoms with Gasteiger partial charge in [-0.05, 0) is 85.9 Å². The Bertz CT molecular complexity index is 1210. The fourth-order valence-corrected chi connectivity index (χ4v) is 5.54. The molecule has 0 radical (unpaired) electrons. The number of nitrogens with zero attached hydrogens (tertiary/aromatic N) is 1. The molecule has 2 fully saturated rings. The second-order valence-electron chi connectivity index (χ2n) is 10.1. The number of epoxide rings is 1. The largest absolute Gasteiger partial charge is 0.435 e. The quantitative estimate of drug-likeness (QED) is 0.397. The monoisotopic (exact) mass is 509 g/mol. The topological polar surface area (TPSA) is 109 Å². The van der Waals surface area contributed by atoms with Crippen molar-refractivity contribution < 1.29 is 27.6 Å². The molecule has 2 aliphatic rings. The van der Waals surface area contributed by atoms with Crippen LogP contribution >= 0.6 is 0 Å². The van der Waals surface area contributed by atoms with Crippen LogP contribution in [0.25, 0.3) is 0 Å². The molecular formula is C25H33F2N3O4S. The lowest BCUT2D eigenvalue weighted by Crippen LogP contribution is -2.19. The molecule has 4 N–H and O–H groups in total. The maximum absolute atomic E-state index is 13.3. The molecule has 10 heteroatoms. The van der Waals surface area contributed by atoms with Gasteiger partial charge in [-0.3, -0.25) is 0 Å². The van der Waals surface area contributed by atoms with E-state index in [1.165, 1.54) is 0 Å². The van der Waals surface area contributed by atoms with Gasteiger partial charge >= 0.3 is 6.61 Å². The van der Waals surface area contributed by atoms with Crippen LogP contribution in [0.4, 0.5) is 14.5 Å². The lowest BCUT2D eigenvalue weighted by Gasteiger charge is -2.20. The van der Waals surface area contributed by atoms with Gasteiger partial charge in [0.2, 0.25) is 6.23 Å². The molecule has 1 heterocycles. The first kappa shape index (κ1) is 25.8. The average molecular weight is 510 g/mol. The molecule has 3 atom stereocenters. The predicted molar refractivity (Wildman–Crippen MR) is 131 cm³/mol. The number of rotatable bonds is 9. The summed E-state index contributed by atoms with van der Waals surface area (Å²) >= 11 is 0. The van der Waals surface area contributed by atoms with Gasteiger partial charge in [-0.25, -0.2) is 9.35 Å². The highest BCUT2D eigenvalue weighted by atomic mass is 32.2. The summed E-state index contributed by atoms with van der Waals surface area (Å²) in [5, 5.41) is 19.7. The first-order valence-electron chi connectivity index (χ1n) is 11.7.